The van der Waals surface area contributed by atoms with E-state index in [-0.39, 0.29) is 0 Å². The van der Waals surface area contributed by atoms with Crippen molar-refractivity contribution in [3.05, 3.63) is 29.6 Å². The molecule has 0 aromatic carbocycles. The van der Waals surface area contributed by atoms with Gasteiger partial charge in [-0.25, -0.2) is 0 Å². The molecule has 0 radical (unpaired) electrons. The number of likely N-dealkylation sites (N-methyl/N-ethyl adjacent to an activating group) is 1. The van der Waals surface area contributed by atoms with Crippen molar-refractivity contribution in [2.75, 3.05) is 19.6 Å². The fourth-order valence-corrected chi connectivity index (χ4v) is 2.78. The van der Waals surface area contributed by atoms with Gasteiger partial charge in [-0.15, -0.1) is 0 Å². The van der Waals surface area contributed by atoms with Crippen molar-refractivity contribution >= 4 is 0 Å². The van der Waals surface area contributed by atoms with Crippen LogP contribution in [-0.2, 0) is 6.54 Å². The SMILES string of the molecule is CCN(Cc1cccc(C)n1)CC1(C)CCCN1. The summed E-state index contributed by atoms with van der Waals surface area (Å²) in [5, 5.41) is 3.63. The van der Waals surface area contributed by atoms with Gasteiger partial charge in [-0.3, -0.25) is 9.88 Å². The first-order chi connectivity index (χ1) is 8.61. The summed E-state index contributed by atoms with van der Waals surface area (Å²) in [6.07, 6.45) is 2.58. The predicted octanol–water partition coefficient (Wildman–Crippen LogP) is 2.35. The number of nitrogens with one attached hydrogen (secondary N) is 1. The number of rotatable bonds is 5. The first-order valence-corrected chi connectivity index (χ1v) is 7.01. The van der Waals surface area contributed by atoms with Crippen molar-refractivity contribution in [1.29, 1.82) is 0 Å². The summed E-state index contributed by atoms with van der Waals surface area (Å²) in [6, 6.07) is 6.28. The van der Waals surface area contributed by atoms with Crippen molar-refractivity contribution < 1.29 is 0 Å². The van der Waals surface area contributed by atoms with E-state index in [1.165, 1.54) is 18.5 Å². The van der Waals surface area contributed by atoms with Crippen LogP contribution in [0, 0.1) is 6.92 Å². The number of hydrogen-bond donors (Lipinski definition) is 1. The molecule has 0 spiro atoms. The first kappa shape index (κ1) is 13.5. The van der Waals surface area contributed by atoms with Crippen molar-refractivity contribution in [2.45, 2.75) is 45.7 Å². The number of nitrogens with zero attached hydrogens (tertiary/aromatic N) is 2. The average molecular weight is 247 g/mol. The Labute approximate surface area is 111 Å². The second kappa shape index (κ2) is 5.81. The summed E-state index contributed by atoms with van der Waals surface area (Å²) >= 11 is 0. The fraction of sp³-hybridized carbons (Fsp3) is 0.667. The van der Waals surface area contributed by atoms with E-state index in [1.54, 1.807) is 0 Å². The molecule has 2 rings (SSSR count). The Kier molecular flexibility index (Phi) is 4.36. The van der Waals surface area contributed by atoms with E-state index in [9.17, 15) is 0 Å². The number of aryl methyl sites for hydroxylation is 1. The lowest BCUT2D eigenvalue weighted by Crippen LogP contribution is -2.47. The van der Waals surface area contributed by atoms with E-state index in [0.717, 1.165) is 31.9 Å². The molecule has 1 aliphatic rings. The Balaban J connectivity index is 1.97. The minimum absolute atomic E-state index is 0.292. The molecule has 1 fully saturated rings. The average Bonchev–Trinajstić information content (AvgIpc) is 2.75. The molecule has 100 valence electrons. The second-order valence-electron chi connectivity index (χ2n) is 5.66. The van der Waals surface area contributed by atoms with E-state index in [0.29, 0.717) is 5.54 Å². The lowest BCUT2D eigenvalue weighted by Gasteiger charge is -2.32. The summed E-state index contributed by atoms with van der Waals surface area (Å²) in [4.78, 5) is 7.08. The topological polar surface area (TPSA) is 28.2 Å². The lowest BCUT2D eigenvalue weighted by atomic mass is 9.99. The van der Waals surface area contributed by atoms with Crippen molar-refractivity contribution in [3.63, 3.8) is 0 Å². The van der Waals surface area contributed by atoms with Crippen LogP contribution in [0.1, 0.15) is 38.1 Å². The molecule has 0 amide bonds. The van der Waals surface area contributed by atoms with Gasteiger partial charge in [0.2, 0.25) is 0 Å². The normalized spacial score (nSPS) is 23.8. The molecule has 1 unspecified atom stereocenters. The molecule has 1 atom stereocenters. The molecular weight excluding hydrogens is 222 g/mol. The molecule has 0 saturated carbocycles. The van der Waals surface area contributed by atoms with Gasteiger partial charge in [-0.2, -0.15) is 0 Å². The Morgan fingerprint density at radius 1 is 1.44 bits per heavy atom. The van der Waals surface area contributed by atoms with Crippen LogP contribution in [0.3, 0.4) is 0 Å². The summed E-state index contributed by atoms with van der Waals surface area (Å²) in [7, 11) is 0. The maximum atomic E-state index is 4.60. The fourth-order valence-electron chi connectivity index (χ4n) is 2.78. The molecule has 18 heavy (non-hydrogen) atoms. The molecule has 1 saturated heterocycles. The van der Waals surface area contributed by atoms with Crippen LogP contribution in [0.2, 0.25) is 0 Å². The lowest BCUT2D eigenvalue weighted by molar-refractivity contribution is 0.203. The van der Waals surface area contributed by atoms with Gasteiger partial charge in [-0.1, -0.05) is 13.0 Å². The molecule has 1 aliphatic heterocycles. The minimum Gasteiger partial charge on any atom is -0.310 e. The minimum atomic E-state index is 0.292. The quantitative estimate of drug-likeness (QED) is 0.865. The molecule has 3 nitrogen and oxygen atoms in total. The van der Waals surface area contributed by atoms with Gasteiger partial charge in [0.15, 0.2) is 0 Å². The summed E-state index contributed by atoms with van der Waals surface area (Å²) in [5.41, 5.74) is 2.58. The van der Waals surface area contributed by atoms with Crippen LogP contribution < -0.4 is 5.32 Å². The zero-order valence-electron chi connectivity index (χ0n) is 11.9. The van der Waals surface area contributed by atoms with Gasteiger partial charge in [0.05, 0.1) is 5.69 Å². The van der Waals surface area contributed by atoms with Crippen LogP contribution in [0.5, 0.6) is 0 Å². The summed E-state index contributed by atoms with van der Waals surface area (Å²) < 4.78 is 0. The van der Waals surface area contributed by atoms with Gasteiger partial charge in [0, 0.05) is 24.3 Å². The van der Waals surface area contributed by atoms with E-state index in [1.807, 2.05) is 0 Å². The molecule has 2 heterocycles. The van der Waals surface area contributed by atoms with Crippen molar-refractivity contribution in [3.8, 4) is 0 Å². The monoisotopic (exact) mass is 247 g/mol. The largest absolute Gasteiger partial charge is 0.310 e. The second-order valence-corrected chi connectivity index (χ2v) is 5.66. The molecule has 1 aromatic heterocycles. The summed E-state index contributed by atoms with van der Waals surface area (Å²) in [5.74, 6) is 0. The van der Waals surface area contributed by atoms with E-state index < -0.39 is 0 Å². The summed E-state index contributed by atoms with van der Waals surface area (Å²) in [6.45, 7) is 10.9. The zero-order chi connectivity index (χ0) is 13.0. The molecule has 0 aliphatic carbocycles. The highest BCUT2D eigenvalue weighted by atomic mass is 15.2. The smallest absolute Gasteiger partial charge is 0.0547 e. The molecular formula is C15H25N3. The van der Waals surface area contributed by atoms with Crippen LogP contribution >= 0.6 is 0 Å². The molecule has 1 aromatic rings. The Bertz CT molecular complexity index is 383. The first-order valence-electron chi connectivity index (χ1n) is 7.01. The van der Waals surface area contributed by atoms with Crippen LogP contribution in [0.15, 0.2) is 18.2 Å². The third-order valence-corrected chi connectivity index (χ3v) is 3.81. The van der Waals surface area contributed by atoms with Gasteiger partial charge >= 0.3 is 0 Å². The van der Waals surface area contributed by atoms with E-state index in [4.69, 9.17) is 0 Å². The molecule has 3 heteroatoms. The van der Waals surface area contributed by atoms with Crippen molar-refractivity contribution in [1.82, 2.24) is 15.2 Å². The zero-order valence-corrected chi connectivity index (χ0v) is 11.9. The third kappa shape index (κ3) is 3.53. The maximum absolute atomic E-state index is 4.60. The molecule has 0 bridgehead atoms. The highest BCUT2D eigenvalue weighted by molar-refractivity contribution is 5.10. The molecule has 1 N–H and O–H groups in total. The van der Waals surface area contributed by atoms with Crippen molar-refractivity contribution in [2.24, 2.45) is 0 Å². The standard InChI is InChI=1S/C15H25N3/c1-4-18(12-15(3)9-6-10-16-15)11-14-8-5-7-13(2)17-14/h5,7-8,16H,4,6,9-12H2,1-3H3. The third-order valence-electron chi connectivity index (χ3n) is 3.81. The Hall–Kier alpha value is -0.930. The van der Waals surface area contributed by atoms with Gasteiger partial charge in [0.1, 0.15) is 0 Å². The van der Waals surface area contributed by atoms with Crippen LogP contribution in [-0.4, -0.2) is 35.1 Å². The predicted molar refractivity (Wildman–Crippen MR) is 75.6 cm³/mol. The number of aromatic nitrogens is 1. The highest BCUT2D eigenvalue weighted by Crippen LogP contribution is 2.20. The van der Waals surface area contributed by atoms with Gasteiger partial charge < -0.3 is 5.32 Å². The number of hydrogen-bond acceptors (Lipinski definition) is 3. The number of pyridine rings is 1. The Morgan fingerprint density at radius 2 is 2.28 bits per heavy atom. The van der Waals surface area contributed by atoms with E-state index >= 15 is 0 Å². The van der Waals surface area contributed by atoms with Gasteiger partial charge in [0.25, 0.3) is 0 Å². The Morgan fingerprint density at radius 3 is 2.89 bits per heavy atom. The van der Waals surface area contributed by atoms with Crippen LogP contribution in [0.25, 0.3) is 0 Å². The van der Waals surface area contributed by atoms with Crippen LogP contribution in [0.4, 0.5) is 0 Å². The maximum Gasteiger partial charge on any atom is 0.0547 e. The van der Waals surface area contributed by atoms with E-state index in [2.05, 4.69) is 54.2 Å². The highest BCUT2D eigenvalue weighted by Gasteiger charge is 2.29. The van der Waals surface area contributed by atoms with Gasteiger partial charge in [-0.05, 0) is 51.9 Å².